The molecule has 1 unspecified atom stereocenters. The highest BCUT2D eigenvalue weighted by atomic mass is 16.1. The summed E-state index contributed by atoms with van der Waals surface area (Å²) in [5.41, 5.74) is 6.18. The van der Waals surface area contributed by atoms with Crippen molar-refractivity contribution in [3.63, 3.8) is 0 Å². The van der Waals surface area contributed by atoms with Crippen LogP contribution in [0.15, 0.2) is 11.0 Å². The Bertz CT molecular complexity index is 588. The van der Waals surface area contributed by atoms with Gasteiger partial charge in [0.05, 0.1) is 6.04 Å². The molecule has 0 saturated carbocycles. The highest BCUT2D eigenvalue weighted by Crippen LogP contribution is 2.18. The van der Waals surface area contributed by atoms with E-state index in [1.54, 1.807) is 6.20 Å². The molecule has 0 aromatic carbocycles. The van der Waals surface area contributed by atoms with E-state index in [1.165, 1.54) is 0 Å². The van der Waals surface area contributed by atoms with Gasteiger partial charge in [0.25, 0.3) is 0 Å². The fourth-order valence-corrected chi connectivity index (χ4v) is 1.57. The maximum absolute atomic E-state index is 11.0. The van der Waals surface area contributed by atoms with Gasteiger partial charge >= 0.3 is 5.69 Å². The number of nitrogens with two attached hydrogens (primary N) is 1. The van der Waals surface area contributed by atoms with Gasteiger partial charge in [-0.05, 0) is 13.3 Å². The molecular formula is C10H15N7O. The first-order valence-electron chi connectivity index (χ1n) is 5.62. The molecule has 0 radical (unpaired) electrons. The summed E-state index contributed by atoms with van der Waals surface area (Å²) in [5.74, 6) is 1.37. The van der Waals surface area contributed by atoms with Crippen molar-refractivity contribution in [2.45, 2.75) is 26.3 Å². The zero-order valence-corrected chi connectivity index (χ0v) is 10.2. The molecule has 0 aliphatic carbocycles. The van der Waals surface area contributed by atoms with Gasteiger partial charge in [-0.1, -0.05) is 6.92 Å². The van der Waals surface area contributed by atoms with Crippen LogP contribution in [0.25, 0.3) is 0 Å². The number of aromatic nitrogens is 5. The maximum atomic E-state index is 11.0. The van der Waals surface area contributed by atoms with E-state index in [-0.39, 0.29) is 17.7 Å². The molecule has 0 saturated heterocycles. The van der Waals surface area contributed by atoms with E-state index in [0.29, 0.717) is 11.6 Å². The number of nitrogens with zero attached hydrogens (tertiary/aromatic N) is 3. The number of anilines is 2. The lowest BCUT2D eigenvalue weighted by molar-refractivity contribution is 0.786. The number of nitrogen functional groups attached to an aromatic ring is 1. The van der Waals surface area contributed by atoms with Gasteiger partial charge in [-0.2, -0.15) is 10.1 Å². The van der Waals surface area contributed by atoms with Crippen LogP contribution in [-0.2, 0) is 6.42 Å². The second-order valence-corrected chi connectivity index (χ2v) is 3.88. The van der Waals surface area contributed by atoms with Crippen LogP contribution in [-0.4, -0.2) is 25.1 Å². The molecule has 2 heterocycles. The number of hydrogen-bond acceptors (Lipinski definition) is 6. The molecule has 0 fully saturated rings. The second kappa shape index (κ2) is 4.86. The largest absolute Gasteiger partial charge is 0.368 e. The van der Waals surface area contributed by atoms with Gasteiger partial charge in [0.1, 0.15) is 5.82 Å². The number of rotatable bonds is 4. The van der Waals surface area contributed by atoms with Gasteiger partial charge in [-0.25, -0.2) is 14.9 Å². The van der Waals surface area contributed by atoms with Gasteiger partial charge in [0.2, 0.25) is 5.95 Å². The third-order valence-corrected chi connectivity index (χ3v) is 2.55. The van der Waals surface area contributed by atoms with Gasteiger partial charge in [-0.3, -0.25) is 4.98 Å². The number of hydrogen-bond donors (Lipinski definition) is 4. The SMILES string of the molecule is CCc1cnc(N)nc1NC(C)c1n[nH]c(=O)[nH]1. The van der Waals surface area contributed by atoms with Crippen LogP contribution >= 0.6 is 0 Å². The average molecular weight is 249 g/mol. The van der Waals surface area contributed by atoms with E-state index >= 15 is 0 Å². The van der Waals surface area contributed by atoms with Crippen molar-refractivity contribution >= 4 is 11.8 Å². The molecule has 96 valence electrons. The van der Waals surface area contributed by atoms with Crippen LogP contribution < -0.4 is 16.7 Å². The topological polar surface area (TPSA) is 125 Å². The summed E-state index contributed by atoms with van der Waals surface area (Å²) in [6, 6.07) is -0.191. The van der Waals surface area contributed by atoms with E-state index in [9.17, 15) is 4.79 Å². The van der Waals surface area contributed by atoms with Crippen molar-refractivity contribution in [1.29, 1.82) is 0 Å². The molecule has 8 nitrogen and oxygen atoms in total. The lowest BCUT2D eigenvalue weighted by Crippen LogP contribution is -2.13. The normalized spacial score (nSPS) is 12.3. The molecule has 0 bridgehead atoms. The highest BCUT2D eigenvalue weighted by Gasteiger charge is 2.12. The Labute approximate surface area is 103 Å². The Kier molecular flexibility index (Phi) is 3.26. The predicted molar refractivity (Wildman–Crippen MR) is 67.1 cm³/mol. The van der Waals surface area contributed by atoms with E-state index in [2.05, 4.69) is 30.5 Å². The van der Waals surface area contributed by atoms with E-state index < -0.39 is 0 Å². The number of H-pyrrole nitrogens is 2. The summed E-state index contributed by atoms with van der Waals surface area (Å²) < 4.78 is 0. The number of aromatic amines is 2. The molecule has 8 heteroatoms. The second-order valence-electron chi connectivity index (χ2n) is 3.88. The fourth-order valence-electron chi connectivity index (χ4n) is 1.57. The Morgan fingerprint density at radius 3 is 2.94 bits per heavy atom. The standard InChI is InChI=1S/C10H15N7O/c1-3-6-4-12-9(11)14-8(6)13-5(2)7-15-10(18)17-16-7/h4-5H,3H2,1-2H3,(H3,11,12,13,14)(H2,15,16,17,18). The van der Waals surface area contributed by atoms with Crippen molar-refractivity contribution in [2.75, 3.05) is 11.1 Å². The van der Waals surface area contributed by atoms with E-state index in [1.807, 2.05) is 13.8 Å². The third-order valence-electron chi connectivity index (χ3n) is 2.55. The summed E-state index contributed by atoms with van der Waals surface area (Å²) in [5, 5.41) is 9.32. The summed E-state index contributed by atoms with van der Waals surface area (Å²) in [7, 11) is 0. The minimum absolute atomic E-state index is 0.191. The molecule has 2 aromatic rings. The Morgan fingerprint density at radius 1 is 1.56 bits per heavy atom. The average Bonchev–Trinajstić information content (AvgIpc) is 2.76. The minimum Gasteiger partial charge on any atom is -0.368 e. The van der Waals surface area contributed by atoms with Gasteiger partial charge < -0.3 is 11.1 Å². The molecule has 18 heavy (non-hydrogen) atoms. The lowest BCUT2D eigenvalue weighted by Gasteiger charge is -2.14. The van der Waals surface area contributed by atoms with Crippen LogP contribution in [0.1, 0.15) is 31.3 Å². The molecule has 0 aliphatic heterocycles. The van der Waals surface area contributed by atoms with Gasteiger partial charge in [-0.15, -0.1) is 0 Å². The minimum atomic E-state index is -0.337. The van der Waals surface area contributed by atoms with Crippen LogP contribution in [0.3, 0.4) is 0 Å². The lowest BCUT2D eigenvalue weighted by atomic mass is 10.2. The van der Waals surface area contributed by atoms with Gasteiger partial charge in [0, 0.05) is 11.8 Å². The first kappa shape index (κ1) is 12.1. The van der Waals surface area contributed by atoms with Gasteiger partial charge in [0.15, 0.2) is 5.82 Å². The quantitative estimate of drug-likeness (QED) is 0.613. The smallest absolute Gasteiger partial charge is 0.340 e. The molecule has 0 spiro atoms. The van der Waals surface area contributed by atoms with Crippen molar-refractivity contribution in [3.8, 4) is 0 Å². The van der Waals surface area contributed by atoms with Crippen LogP contribution in [0.5, 0.6) is 0 Å². The zero-order chi connectivity index (χ0) is 13.1. The molecule has 1 atom stereocenters. The van der Waals surface area contributed by atoms with Crippen molar-refractivity contribution in [3.05, 3.63) is 28.1 Å². The van der Waals surface area contributed by atoms with Crippen molar-refractivity contribution in [2.24, 2.45) is 0 Å². The molecule has 2 aromatic heterocycles. The van der Waals surface area contributed by atoms with Crippen LogP contribution in [0, 0.1) is 0 Å². The molecule has 2 rings (SSSR count). The third kappa shape index (κ3) is 2.47. The Balaban J connectivity index is 2.23. The molecule has 5 N–H and O–H groups in total. The molecule has 0 amide bonds. The van der Waals surface area contributed by atoms with E-state index in [4.69, 9.17) is 5.73 Å². The summed E-state index contributed by atoms with van der Waals surface area (Å²) in [6.07, 6.45) is 2.47. The maximum Gasteiger partial charge on any atom is 0.340 e. The monoisotopic (exact) mass is 249 g/mol. The van der Waals surface area contributed by atoms with Crippen LogP contribution in [0.2, 0.25) is 0 Å². The Hall–Kier alpha value is -2.38. The number of nitrogens with one attached hydrogen (secondary N) is 3. The van der Waals surface area contributed by atoms with Crippen molar-refractivity contribution < 1.29 is 0 Å². The first-order valence-corrected chi connectivity index (χ1v) is 5.62. The highest BCUT2D eigenvalue weighted by molar-refractivity contribution is 5.47. The van der Waals surface area contributed by atoms with E-state index in [0.717, 1.165) is 12.0 Å². The zero-order valence-electron chi connectivity index (χ0n) is 10.2. The number of aryl methyl sites for hydroxylation is 1. The van der Waals surface area contributed by atoms with Crippen LogP contribution in [0.4, 0.5) is 11.8 Å². The molecule has 0 aliphatic rings. The summed E-state index contributed by atoms with van der Waals surface area (Å²) in [6.45, 7) is 3.87. The van der Waals surface area contributed by atoms with Crippen molar-refractivity contribution in [1.82, 2.24) is 25.1 Å². The fraction of sp³-hybridized carbons (Fsp3) is 0.400. The first-order chi connectivity index (χ1) is 8.60. The summed E-state index contributed by atoms with van der Waals surface area (Å²) >= 11 is 0. The summed E-state index contributed by atoms with van der Waals surface area (Å²) in [4.78, 5) is 21.6. The predicted octanol–water partition coefficient (Wildman–Crippen LogP) is 0.206. The molecular weight excluding hydrogens is 234 g/mol. The Morgan fingerprint density at radius 2 is 2.33 bits per heavy atom.